The molecule has 1 heterocycles. The summed E-state index contributed by atoms with van der Waals surface area (Å²) in [6.45, 7) is 0.787. The number of primary amides is 1. The van der Waals surface area contributed by atoms with Gasteiger partial charge in [-0.25, -0.2) is 0 Å². The van der Waals surface area contributed by atoms with E-state index in [9.17, 15) is 14.4 Å². The summed E-state index contributed by atoms with van der Waals surface area (Å²) < 4.78 is 5.28. The van der Waals surface area contributed by atoms with Gasteiger partial charge in [0.25, 0.3) is 11.8 Å². The van der Waals surface area contributed by atoms with Crippen LogP contribution < -0.4 is 20.7 Å². The number of para-hydroxylation sites is 1. The van der Waals surface area contributed by atoms with E-state index in [1.54, 1.807) is 29.2 Å². The summed E-state index contributed by atoms with van der Waals surface area (Å²) in [6.07, 6.45) is 1.48. The molecule has 0 spiro atoms. The Morgan fingerprint density at radius 3 is 2.52 bits per heavy atom. The first-order valence-electron chi connectivity index (χ1n) is 8.72. The van der Waals surface area contributed by atoms with Crippen molar-refractivity contribution in [2.24, 2.45) is 5.73 Å². The molecule has 0 aromatic heterocycles. The molecule has 3 N–H and O–H groups in total. The third kappa shape index (κ3) is 4.63. The number of nitrogens with zero attached hydrogens (tertiary/aromatic N) is 1. The number of hydrogen-bond acceptors (Lipinski definition) is 4. The molecule has 0 saturated carbocycles. The summed E-state index contributed by atoms with van der Waals surface area (Å²) in [7, 11) is 0. The molecular formula is C20H21N3O4. The molecule has 1 aliphatic heterocycles. The number of rotatable bonds is 7. The van der Waals surface area contributed by atoms with Crippen LogP contribution >= 0.6 is 0 Å². The third-order valence-corrected chi connectivity index (χ3v) is 4.28. The molecule has 0 radical (unpaired) electrons. The molecule has 0 atom stereocenters. The number of nitrogens with two attached hydrogens (primary N) is 1. The van der Waals surface area contributed by atoms with Crippen LogP contribution in [0.3, 0.4) is 0 Å². The highest BCUT2D eigenvalue weighted by molar-refractivity contribution is 5.97. The fourth-order valence-corrected chi connectivity index (χ4v) is 2.92. The van der Waals surface area contributed by atoms with E-state index in [-0.39, 0.29) is 18.4 Å². The van der Waals surface area contributed by atoms with E-state index in [1.807, 2.05) is 24.3 Å². The number of anilines is 1. The zero-order valence-corrected chi connectivity index (χ0v) is 14.8. The fraction of sp³-hybridized carbons (Fsp3) is 0.250. The van der Waals surface area contributed by atoms with Crippen molar-refractivity contribution in [1.82, 2.24) is 5.32 Å². The molecule has 3 amide bonds. The van der Waals surface area contributed by atoms with E-state index < -0.39 is 5.91 Å². The zero-order chi connectivity index (χ0) is 19.2. The number of carbonyl (C=O) groups is 3. The Kier molecular flexibility index (Phi) is 5.71. The van der Waals surface area contributed by atoms with Crippen molar-refractivity contribution < 1.29 is 19.1 Å². The van der Waals surface area contributed by atoms with Crippen molar-refractivity contribution >= 4 is 23.4 Å². The Hall–Kier alpha value is -3.35. The zero-order valence-electron chi connectivity index (χ0n) is 14.8. The Bertz CT molecular complexity index is 849. The van der Waals surface area contributed by atoms with Gasteiger partial charge in [-0.1, -0.05) is 24.3 Å². The third-order valence-electron chi connectivity index (χ3n) is 4.28. The molecule has 140 valence electrons. The van der Waals surface area contributed by atoms with E-state index in [1.165, 1.54) is 0 Å². The molecule has 27 heavy (non-hydrogen) atoms. The average Bonchev–Trinajstić information content (AvgIpc) is 3.11. The fourth-order valence-electron chi connectivity index (χ4n) is 2.92. The molecule has 0 bridgehead atoms. The molecule has 3 rings (SSSR count). The number of nitrogens with one attached hydrogen (secondary N) is 1. The van der Waals surface area contributed by atoms with Gasteiger partial charge in [0, 0.05) is 25.2 Å². The van der Waals surface area contributed by atoms with Gasteiger partial charge in [-0.05, 0) is 36.2 Å². The monoisotopic (exact) mass is 367 g/mol. The first-order chi connectivity index (χ1) is 13.0. The van der Waals surface area contributed by atoms with Crippen LogP contribution in [0.2, 0.25) is 0 Å². The number of benzene rings is 2. The van der Waals surface area contributed by atoms with Crippen LogP contribution in [0.1, 0.15) is 28.8 Å². The van der Waals surface area contributed by atoms with Crippen molar-refractivity contribution in [3.63, 3.8) is 0 Å². The van der Waals surface area contributed by atoms with Gasteiger partial charge >= 0.3 is 0 Å². The van der Waals surface area contributed by atoms with Gasteiger partial charge in [-0.3, -0.25) is 14.4 Å². The molecule has 2 aromatic carbocycles. The smallest absolute Gasteiger partial charge is 0.255 e. The normalized spacial score (nSPS) is 13.5. The van der Waals surface area contributed by atoms with Crippen LogP contribution in [0, 0.1) is 0 Å². The van der Waals surface area contributed by atoms with Crippen molar-refractivity contribution in [1.29, 1.82) is 0 Å². The lowest BCUT2D eigenvalue weighted by Gasteiger charge is -2.16. The van der Waals surface area contributed by atoms with Crippen LogP contribution in [0.5, 0.6) is 5.75 Å². The number of hydrogen-bond donors (Lipinski definition) is 2. The maximum absolute atomic E-state index is 12.4. The largest absolute Gasteiger partial charge is 0.483 e. The van der Waals surface area contributed by atoms with E-state index in [4.69, 9.17) is 10.5 Å². The average molecular weight is 367 g/mol. The summed E-state index contributed by atoms with van der Waals surface area (Å²) in [6, 6.07) is 14.2. The van der Waals surface area contributed by atoms with Gasteiger partial charge in [-0.2, -0.15) is 0 Å². The van der Waals surface area contributed by atoms with E-state index in [0.29, 0.717) is 24.3 Å². The molecule has 2 aromatic rings. The first kappa shape index (κ1) is 18.4. The van der Waals surface area contributed by atoms with Gasteiger partial charge in [0.15, 0.2) is 6.61 Å². The van der Waals surface area contributed by atoms with Crippen molar-refractivity contribution in [3.05, 3.63) is 59.7 Å². The second-order valence-corrected chi connectivity index (χ2v) is 6.25. The van der Waals surface area contributed by atoms with Crippen molar-refractivity contribution in [2.45, 2.75) is 19.4 Å². The highest BCUT2D eigenvalue weighted by Gasteiger charge is 2.21. The van der Waals surface area contributed by atoms with Gasteiger partial charge in [0.1, 0.15) is 5.75 Å². The summed E-state index contributed by atoms with van der Waals surface area (Å²) in [4.78, 5) is 36.9. The van der Waals surface area contributed by atoms with Gasteiger partial charge in [0.2, 0.25) is 5.91 Å². The highest BCUT2D eigenvalue weighted by Crippen LogP contribution is 2.22. The van der Waals surface area contributed by atoms with Crippen LogP contribution in [-0.2, 0) is 16.1 Å². The number of amides is 3. The van der Waals surface area contributed by atoms with Crippen LogP contribution in [0.4, 0.5) is 5.69 Å². The lowest BCUT2D eigenvalue weighted by atomic mass is 10.1. The van der Waals surface area contributed by atoms with E-state index in [2.05, 4.69) is 5.32 Å². The minimum Gasteiger partial charge on any atom is -0.483 e. The standard InChI is InChI=1S/C20H21N3O4/c21-18(24)13-27-17-5-2-1-4-16(17)20(26)22-12-14-7-9-15(10-8-14)23-11-3-6-19(23)25/h1-2,4-5,7-10H,3,6,11-13H2,(H2,21,24)(H,22,26). The molecule has 1 aliphatic rings. The minimum atomic E-state index is -0.609. The van der Waals surface area contributed by atoms with Crippen LogP contribution in [0.25, 0.3) is 0 Å². The van der Waals surface area contributed by atoms with E-state index >= 15 is 0 Å². The quantitative estimate of drug-likeness (QED) is 0.776. The predicted molar refractivity (Wildman–Crippen MR) is 100 cm³/mol. The molecule has 7 nitrogen and oxygen atoms in total. The predicted octanol–water partition coefficient (Wildman–Crippen LogP) is 1.61. The second-order valence-electron chi connectivity index (χ2n) is 6.25. The number of ether oxygens (including phenoxy) is 1. The van der Waals surface area contributed by atoms with Gasteiger partial charge < -0.3 is 20.7 Å². The summed E-state index contributed by atoms with van der Waals surface area (Å²) in [5.41, 5.74) is 7.19. The highest BCUT2D eigenvalue weighted by atomic mass is 16.5. The summed E-state index contributed by atoms with van der Waals surface area (Å²) >= 11 is 0. The molecule has 1 saturated heterocycles. The second kappa shape index (κ2) is 8.35. The molecule has 0 aliphatic carbocycles. The Labute approximate surface area is 157 Å². The summed E-state index contributed by atoms with van der Waals surface area (Å²) in [5.74, 6) is -0.476. The molecule has 1 fully saturated rings. The number of carbonyl (C=O) groups excluding carboxylic acids is 3. The van der Waals surface area contributed by atoms with Crippen LogP contribution in [-0.4, -0.2) is 30.9 Å². The summed E-state index contributed by atoms with van der Waals surface area (Å²) in [5, 5.41) is 2.83. The minimum absolute atomic E-state index is 0.142. The first-order valence-corrected chi connectivity index (χ1v) is 8.72. The molecule has 0 unspecified atom stereocenters. The Balaban J connectivity index is 1.61. The maximum Gasteiger partial charge on any atom is 0.255 e. The molecule has 7 heteroatoms. The van der Waals surface area contributed by atoms with Crippen molar-refractivity contribution in [2.75, 3.05) is 18.1 Å². The Morgan fingerprint density at radius 1 is 1.11 bits per heavy atom. The lowest BCUT2D eigenvalue weighted by Crippen LogP contribution is -2.25. The topological polar surface area (TPSA) is 102 Å². The molecular weight excluding hydrogens is 346 g/mol. The van der Waals surface area contributed by atoms with Crippen molar-refractivity contribution in [3.8, 4) is 5.75 Å². The SMILES string of the molecule is NC(=O)COc1ccccc1C(=O)NCc1ccc(N2CCCC2=O)cc1. The lowest BCUT2D eigenvalue weighted by molar-refractivity contribution is -0.120. The Morgan fingerprint density at radius 2 is 1.85 bits per heavy atom. The van der Waals surface area contributed by atoms with Gasteiger partial charge in [0.05, 0.1) is 5.56 Å². The van der Waals surface area contributed by atoms with Gasteiger partial charge in [-0.15, -0.1) is 0 Å². The van der Waals surface area contributed by atoms with E-state index in [0.717, 1.165) is 24.2 Å². The van der Waals surface area contributed by atoms with Crippen LogP contribution in [0.15, 0.2) is 48.5 Å². The maximum atomic E-state index is 12.4.